The molecule has 1 aromatic rings. The van der Waals surface area contributed by atoms with Gasteiger partial charge in [-0.05, 0) is 18.8 Å². The fraction of sp³-hybridized carbons (Fsp3) is 0.692. The van der Waals surface area contributed by atoms with E-state index in [0.29, 0.717) is 5.95 Å². The van der Waals surface area contributed by atoms with Crippen LogP contribution < -0.4 is 16.4 Å². The number of nitrogens with one attached hydrogen (secondary N) is 2. The van der Waals surface area contributed by atoms with Crippen molar-refractivity contribution in [1.29, 1.82) is 0 Å². The summed E-state index contributed by atoms with van der Waals surface area (Å²) in [5.74, 6) is 2.81. The second-order valence-corrected chi connectivity index (χ2v) is 4.97. The molecule has 0 radical (unpaired) electrons. The second-order valence-electron chi connectivity index (χ2n) is 4.97. The van der Waals surface area contributed by atoms with Gasteiger partial charge < -0.3 is 16.4 Å². The third-order valence-corrected chi connectivity index (χ3v) is 3.57. The highest BCUT2D eigenvalue weighted by Crippen LogP contribution is 2.28. The summed E-state index contributed by atoms with van der Waals surface area (Å²) in [5, 5.41) is 6.29. The van der Waals surface area contributed by atoms with Crippen LogP contribution in [0.3, 0.4) is 0 Å². The minimum absolute atomic E-state index is 0.306. The van der Waals surface area contributed by atoms with E-state index in [1.54, 1.807) is 0 Å². The largest absolute Gasteiger partial charge is 0.373 e. The fourth-order valence-corrected chi connectivity index (χ4v) is 2.59. The van der Waals surface area contributed by atoms with Gasteiger partial charge in [0.15, 0.2) is 0 Å². The Bertz CT molecular complexity index is 374. The van der Waals surface area contributed by atoms with Crippen LogP contribution in [0.4, 0.5) is 17.6 Å². The van der Waals surface area contributed by atoms with Gasteiger partial charge in [0, 0.05) is 19.7 Å². The van der Waals surface area contributed by atoms with E-state index in [1.807, 2.05) is 13.1 Å². The van der Waals surface area contributed by atoms with Crippen molar-refractivity contribution in [3.63, 3.8) is 0 Å². The predicted molar refractivity (Wildman–Crippen MR) is 75.7 cm³/mol. The van der Waals surface area contributed by atoms with Crippen molar-refractivity contribution in [3.8, 4) is 0 Å². The average Bonchev–Trinajstić information content (AvgIpc) is 2.87. The maximum Gasteiger partial charge on any atom is 0.223 e. The molecule has 0 aliphatic heterocycles. The van der Waals surface area contributed by atoms with Gasteiger partial charge in [0.2, 0.25) is 5.95 Å². The monoisotopic (exact) mass is 249 g/mol. The number of nitrogen functional groups attached to an aromatic ring is 1. The van der Waals surface area contributed by atoms with Gasteiger partial charge in [0.25, 0.3) is 0 Å². The lowest BCUT2D eigenvalue weighted by molar-refractivity contribution is 0.491. The summed E-state index contributed by atoms with van der Waals surface area (Å²) in [6.07, 6.45) is 8.21. The van der Waals surface area contributed by atoms with Crippen molar-refractivity contribution in [2.24, 2.45) is 5.92 Å². The lowest BCUT2D eigenvalue weighted by Gasteiger charge is -2.10. The van der Waals surface area contributed by atoms with Crippen molar-refractivity contribution in [1.82, 2.24) is 9.97 Å². The minimum Gasteiger partial charge on any atom is -0.373 e. The molecular formula is C13H23N5. The van der Waals surface area contributed by atoms with Crippen molar-refractivity contribution >= 4 is 17.6 Å². The average molecular weight is 249 g/mol. The lowest BCUT2D eigenvalue weighted by atomic mass is 10.0. The van der Waals surface area contributed by atoms with Crippen LogP contribution in [0.5, 0.6) is 0 Å². The van der Waals surface area contributed by atoms with E-state index in [2.05, 4.69) is 20.6 Å². The molecule has 1 heterocycles. The van der Waals surface area contributed by atoms with Crippen LogP contribution in [-0.4, -0.2) is 23.6 Å². The molecule has 5 nitrogen and oxygen atoms in total. The highest BCUT2D eigenvalue weighted by Gasteiger charge is 2.13. The molecule has 0 spiro atoms. The van der Waals surface area contributed by atoms with Gasteiger partial charge in [0.1, 0.15) is 11.6 Å². The van der Waals surface area contributed by atoms with Gasteiger partial charge in [-0.3, -0.25) is 0 Å². The van der Waals surface area contributed by atoms with Gasteiger partial charge in [-0.1, -0.05) is 25.7 Å². The molecule has 1 aliphatic carbocycles. The Morgan fingerprint density at radius 3 is 2.72 bits per heavy atom. The van der Waals surface area contributed by atoms with E-state index in [9.17, 15) is 0 Å². The molecule has 1 aromatic heterocycles. The molecule has 18 heavy (non-hydrogen) atoms. The Labute approximate surface area is 109 Å². The van der Waals surface area contributed by atoms with Crippen LogP contribution in [0.25, 0.3) is 0 Å². The first-order valence-electron chi connectivity index (χ1n) is 6.84. The van der Waals surface area contributed by atoms with Crippen LogP contribution in [-0.2, 0) is 0 Å². The molecule has 4 N–H and O–H groups in total. The van der Waals surface area contributed by atoms with Gasteiger partial charge in [-0.15, -0.1) is 0 Å². The Hall–Kier alpha value is -1.52. The summed E-state index contributed by atoms with van der Waals surface area (Å²) < 4.78 is 0. The van der Waals surface area contributed by atoms with Gasteiger partial charge in [0.05, 0.1) is 0 Å². The first-order valence-corrected chi connectivity index (χ1v) is 6.84. The first-order chi connectivity index (χ1) is 8.78. The number of anilines is 3. The zero-order valence-electron chi connectivity index (χ0n) is 11.1. The lowest BCUT2D eigenvalue weighted by Crippen LogP contribution is -2.08. The summed E-state index contributed by atoms with van der Waals surface area (Å²) in [6, 6.07) is 1.88. The van der Waals surface area contributed by atoms with Crippen molar-refractivity contribution in [2.45, 2.75) is 38.5 Å². The third kappa shape index (κ3) is 3.75. The van der Waals surface area contributed by atoms with Crippen LogP contribution in [0.1, 0.15) is 38.5 Å². The van der Waals surface area contributed by atoms with Crippen LogP contribution in [0, 0.1) is 5.92 Å². The van der Waals surface area contributed by atoms with Crippen molar-refractivity contribution in [3.05, 3.63) is 6.07 Å². The number of nitrogens with two attached hydrogens (primary N) is 1. The summed E-state index contributed by atoms with van der Waals surface area (Å²) in [5.41, 5.74) is 5.64. The summed E-state index contributed by atoms with van der Waals surface area (Å²) >= 11 is 0. The molecule has 1 fully saturated rings. The van der Waals surface area contributed by atoms with Crippen molar-refractivity contribution in [2.75, 3.05) is 30.0 Å². The van der Waals surface area contributed by atoms with Crippen LogP contribution in [0.2, 0.25) is 0 Å². The number of rotatable bonds is 6. The number of aromatic nitrogens is 2. The molecule has 1 aliphatic rings. The zero-order chi connectivity index (χ0) is 12.8. The quantitative estimate of drug-likeness (QED) is 0.675. The van der Waals surface area contributed by atoms with Crippen molar-refractivity contribution < 1.29 is 0 Å². The molecule has 0 bridgehead atoms. The van der Waals surface area contributed by atoms with E-state index in [4.69, 9.17) is 5.73 Å². The van der Waals surface area contributed by atoms with Crippen LogP contribution in [0.15, 0.2) is 6.07 Å². The molecular weight excluding hydrogens is 226 g/mol. The molecule has 2 rings (SSSR count). The van der Waals surface area contributed by atoms with E-state index in [0.717, 1.165) is 24.1 Å². The van der Waals surface area contributed by atoms with E-state index in [-0.39, 0.29) is 0 Å². The van der Waals surface area contributed by atoms with E-state index >= 15 is 0 Å². The molecule has 0 amide bonds. The molecule has 5 heteroatoms. The molecule has 0 unspecified atom stereocenters. The summed E-state index contributed by atoms with van der Waals surface area (Å²) in [7, 11) is 1.83. The number of hydrogen-bond donors (Lipinski definition) is 3. The standard InChI is InChI=1S/C13H23N5/c1-15-11-9-12(18-13(14)17-11)16-8-4-7-10-5-2-3-6-10/h9-10H,2-8H2,1H3,(H4,14,15,16,17,18). The Morgan fingerprint density at radius 2 is 2.00 bits per heavy atom. The summed E-state index contributed by atoms with van der Waals surface area (Å²) in [6.45, 7) is 0.954. The number of nitrogens with zero attached hydrogens (tertiary/aromatic N) is 2. The second kappa shape index (κ2) is 6.42. The maximum atomic E-state index is 5.64. The normalized spacial score (nSPS) is 15.8. The predicted octanol–water partition coefficient (Wildman–Crippen LogP) is 2.48. The van der Waals surface area contributed by atoms with Gasteiger partial charge in [-0.25, -0.2) is 0 Å². The highest BCUT2D eigenvalue weighted by molar-refractivity contribution is 5.50. The fourth-order valence-electron chi connectivity index (χ4n) is 2.59. The van der Waals surface area contributed by atoms with Gasteiger partial charge >= 0.3 is 0 Å². The molecule has 0 saturated heterocycles. The maximum absolute atomic E-state index is 5.64. The third-order valence-electron chi connectivity index (χ3n) is 3.57. The molecule has 0 aromatic carbocycles. The smallest absolute Gasteiger partial charge is 0.223 e. The SMILES string of the molecule is CNc1cc(NCCCC2CCCC2)nc(N)n1. The van der Waals surface area contributed by atoms with E-state index < -0.39 is 0 Å². The Kier molecular flexibility index (Phi) is 4.61. The molecule has 1 saturated carbocycles. The van der Waals surface area contributed by atoms with Gasteiger partial charge in [-0.2, -0.15) is 9.97 Å². The minimum atomic E-state index is 0.306. The highest BCUT2D eigenvalue weighted by atomic mass is 15.1. The topological polar surface area (TPSA) is 75.9 Å². The van der Waals surface area contributed by atoms with Crippen LogP contribution >= 0.6 is 0 Å². The Morgan fingerprint density at radius 1 is 1.28 bits per heavy atom. The summed E-state index contributed by atoms with van der Waals surface area (Å²) in [4.78, 5) is 8.23. The first kappa shape index (κ1) is 12.9. The zero-order valence-corrected chi connectivity index (χ0v) is 11.1. The Balaban J connectivity index is 1.73. The van der Waals surface area contributed by atoms with E-state index in [1.165, 1.54) is 38.5 Å². The molecule has 100 valence electrons. The molecule has 0 atom stereocenters. The number of hydrogen-bond acceptors (Lipinski definition) is 5.